The van der Waals surface area contributed by atoms with E-state index in [2.05, 4.69) is 33.2 Å². The van der Waals surface area contributed by atoms with Crippen molar-refractivity contribution >= 4 is 40.0 Å². The number of likely N-dealkylation sites (N-methyl/N-ethyl adjacent to an activating group) is 1. The molecule has 4 heterocycles. The first-order chi connectivity index (χ1) is 28.6. The van der Waals surface area contributed by atoms with Crippen LogP contribution in [0.15, 0.2) is 91.1 Å². The Hall–Kier alpha value is -6.49. The highest BCUT2D eigenvalue weighted by Crippen LogP contribution is 2.63. The lowest BCUT2D eigenvalue weighted by Gasteiger charge is -2.56. The number of nitrogens with one attached hydrogen (secondary N) is 1. The minimum Gasteiger partial charge on any atom is -0.504 e. The molecule has 5 aliphatic rings. The molecule has 2 fully saturated rings. The van der Waals surface area contributed by atoms with Gasteiger partial charge < -0.3 is 40.7 Å². The highest BCUT2D eigenvalue weighted by Gasteiger charge is 2.64. The molecule has 13 heteroatoms. The van der Waals surface area contributed by atoms with E-state index in [0.29, 0.717) is 55.4 Å². The molecule has 59 heavy (non-hydrogen) atoms. The van der Waals surface area contributed by atoms with E-state index in [1.165, 1.54) is 0 Å². The summed E-state index contributed by atoms with van der Waals surface area (Å²) >= 11 is 0. The Labute approximate surface area is 341 Å². The number of piperazine rings is 1. The van der Waals surface area contributed by atoms with Gasteiger partial charge in [-0.15, -0.1) is 0 Å². The number of amides is 2. The number of primary amides is 1. The molecule has 4 aromatic carbocycles. The number of likely N-dealkylation sites (tertiary alicyclic amines) is 1. The molecule has 1 spiro atoms. The van der Waals surface area contributed by atoms with E-state index in [1.807, 2.05) is 78.9 Å². The number of hydrogen-bond acceptors (Lipinski definition) is 11. The summed E-state index contributed by atoms with van der Waals surface area (Å²) in [6, 6.07) is 25.5. The molecule has 5 N–H and O–H groups in total. The van der Waals surface area contributed by atoms with Crippen molar-refractivity contribution < 1.29 is 24.5 Å². The van der Waals surface area contributed by atoms with Crippen molar-refractivity contribution in [1.82, 2.24) is 19.8 Å². The molecule has 2 bridgehead atoms. The highest BCUT2D eigenvalue weighted by atomic mass is 16.5. The molecule has 2 saturated heterocycles. The average Bonchev–Trinajstić information content (AvgIpc) is 3.60. The van der Waals surface area contributed by atoms with Crippen LogP contribution in [0, 0.1) is 17.2 Å². The highest BCUT2D eigenvalue weighted by molar-refractivity contribution is 5.94. The van der Waals surface area contributed by atoms with Crippen LogP contribution in [-0.4, -0.2) is 99.8 Å². The number of rotatable bonds is 8. The molecule has 298 valence electrons. The zero-order valence-corrected chi connectivity index (χ0v) is 32.6. The number of carbonyl (C=O) groups excluding carboxylic acids is 2. The average molecular weight is 789 g/mol. The van der Waals surface area contributed by atoms with Crippen molar-refractivity contribution in [2.45, 2.75) is 48.8 Å². The van der Waals surface area contributed by atoms with Gasteiger partial charge >= 0.3 is 0 Å². The van der Waals surface area contributed by atoms with Gasteiger partial charge in [0.1, 0.15) is 18.6 Å². The van der Waals surface area contributed by atoms with Crippen molar-refractivity contribution in [3.8, 4) is 28.7 Å². The minimum absolute atomic E-state index is 0.0364. The van der Waals surface area contributed by atoms with Gasteiger partial charge in [0.05, 0.1) is 17.5 Å². The second kappa shape index (κ2) is 14.1. The molecule has 13 nitrogen and oxygen atoms in total. The maximum atomic E-state index is 13.5. The normalized spacial score (nSPS) is 24.6. The number of ether oxygens (including phenoxy) is 1. The van der Waals surface area contributed by atoms with Crippen molar-refractivity contribution in [3.63, 3.8) is 0 Å². The van der Waals surface area contributed by atoms with Gasteiger partial charge in [-0.1, -0.05) is 54.6 Å². The van der Waals surface area contributed by atoms with Gasteiger partial charge in [0.25, 0.3) is 0 Å². The molecule has 1 unspecified atom stereocenters. The lowest BCUT2D eigenvalue weighted by Crippen LogP contribution is -2.64. The molecule has 0 saturated carbocycles. The number of hydrogen-bond donors (Lipinski definition) is 4. The number of piperidine rings is 1. The number of nitrogens with two attached hydrogens (primary N) is 1. The van der Waals surface area contributed by atoms with Gasteiger partial charge in [0, 0.05) is 77.6 Å². The largest absolute Gasteiger partial charge is 0.504 e. The van der Waals surface area contributed by atoms with Crippen LogP contribution in [0.25, 0.3) is 22.0 Å². The Balaban J connectivity index is 0.922. The third-order valence-corrected chi connectivity index (χ3v) is 13.4. The summed E-state index contributed by atoms with van der Waals surface area (Å²) in [5.41, 5.74) is 13.5. The van der Waals surface area contributed by atoms with E-state index >= 15 is 0 Å². The molecule has 2 amide bonds. The zero-order valence-electron chi connectivity index (χ0n) is 32.6. The number of phenolic OH excluding ortho intramolecular Hbond substituents is 1. The zero-order chi connectivity index (χ0) is 40.6. The van der Waals surface area contributed by atoms with E-state index in [9.17, 15) is 19.8 Å². The van der Waals surface area contributed by atoms with Crippen LogP contribution in [0.5, 0.6) is 11.5 Å². The minimum atomic E-state index is -0.822. The smallest absolute Gasteiger partial charge is 0.236 e. The number of nitrogens with zero attached hydrogens (tertiary/aromatic N) is 6. The maximum Gasteiger partial charge on any atom is 0.236 e. The van der Waals surface area contributed by atoms with Crippen molar-refractivity contribution in [2.75, 3.05) is 50.0 Å². The van der Waals surface area contributed by atoms with E-state index in [-0.39, 0.29) is 30.0 Å². The summed E-state index contributed by atoms with van der Waals surface area (Å²) in [5.74, 6) is -0.518. The Kier molecular flexibility index (Phi) is 8.81. The molecular formula is C46H44N8O5. The third kappa shape index (κ3) is 5.88. The Bertz CT molecular complexity index is 2580. The third-order valence-electron chi connectivity index (χ3n) is 13.4. The van der Waals surface area contributed by atoms with E-state index in [4.69, 9.17) is 20.7 Å². The van der Waals surface area contributed by atoms with Crippen LogP contribution < -0.4 is 20.7 Å². The number of aromatic nitrogens is 2. The number of phenols is 1. The Morgan fingerprint density at radius 2 is 1.83 bits per heavy atom. The molecule has 5 aromatic rings. The summed E-state index contributed by atoms with van der Waals surface area (Å²) in [7, 11) is 2.13. The van der Waals surface area contributed by atoms with Crippen LogP contribution in [0.1, 0.15) is 41.0 Å². The lowest BCUT2D eigenvalue weighted by molar-refractivity contribution is -0.130. The van der Waals surface area contributed by atoms with Crippen LogP contribution in [-0.2, 0) is 21.4 Å². The lowest BCUT2D eigenvalue weighted by atomic mass is 9.52. The molecule has 2 aliphatic carbocycles. The van der Waals surface area contributed by atoms with Crippen molar-refractivity contribution in [3.05, 3.63) is 113 Å². The fourth-order valence-corrected chi connectivity index (χ4v) is 10.6. The number of aliphatic hydroxyl groups excluding tert-OH is 1. The predicted octanol–water partition coefficient (Wildman–Crippen LogP) is 4.73. The molecular weight excluding hydrogens is 745 g/mol. The molecule has 1 aromatic heterocycles. The summed E-state index contributed by atoms with van der Waals surface area (Å²) in [4.78, 5) is 41.5. The van der Waals surface area contributed by atoms with E-state index in [1.54, 1.807) is 17.2 Å². The first-order valence-electron chi connectivity index (χ1n) is 20.2. The monoisotopic (exact) mass is 788 g/mol. The second-order valence-electron chi connectivity index (χ2n) is 16.4. The molecule has 10 rings (SSSR count). The number of nitriles is 1. The summed E-state index contributed by atoms with van der Waals surface area (Å²) < 4.78 is 6.42. The number of fused-ring (bicyclic) bond motifs is 1. The topological polar surface area (TPSA) is 181 Å². The van der Waals surface area contributed by atoms with Crippen LogP contribution in [0.2, 0.25) is 0 Å². The molecule has 6 atom stereocenters. The van der Waals surface area contributed by atoms with Gasteiger partial charge in [-0.05, 0) is 79.0 Å². The van der Waals surface area contributed by atoms with Gasteiger partial charge in [-0.25, -0.2) is 9.97 Å². The SMILES string of the molecule is CN1CC[C@]23c4c5c(C(C(N)=O)c6ccc(-c7cccc8cnc(Nc9ccc(N%10CCN(C(=O)CC#N)CC%10)cc9)nc78)cc6)cc(O)c4O[C@H]2[C@@H](O)C=C[C@H]3[C@H]1C5. The first-order valence-corrected chi connectivity index (χ1v) is 20.2. The first kappa shape index (κ1) is 36.8. The van der Waals surface area contributed by atoms with E-state index < -0.39 is 29.4 Å². The van der Waals surface area contributed by atoms with Crippen molar-refractivity contribution in [1.29, 1.82) is 5.26 Å². The Morgan fingerprint density at radius 1 is 1.05 bits per heavy atom. The summed E-state index contributed by atoms with van der Waals surface area (Å²) in [6.45, 7) is 3.40. The van der Waals surface area contributed by atoms with Crippen LogP contribution in [0.3, 0.4) is 0 Å². The van der Waals surface area contributed by atoms with Gasteiger partial charge in [-0.3, -0.25) is 9.59 Å². The van der Waals surface area contributed by atoms with Gasteiger partial charge in [0.2, 0.25) is 17.8 Å². The molecule has 0 radical (unpaired) electrons. The predicted molar refractivity (Wildman–Crippen MR) is 222 cm³/mol. The summed E-state index contributed by atoms with van der Waals surface area (Å²) in [5, 5.41) is 35.7. The number of benzene rings is 4. The van der Waals surface area contributed by atoms with Crippen LogP contribution >= 0.6 is 0 Å². The summed E-state index contributed by atoms with van der Waals surface area (Å²) in [6.07, 6.45) is 5.79. The molecule has 3 aliphatic heterocycles. The quantitative estimate of drug-likeness (QED) is 0.160. The number of para-hydroxylation sites is 1. The van der Waals surface area contributed by atoms with Gasteiger partial charge in [-0.2, -0.15) is 5.26 Å². The fourth-order valence-electron chi connectivity index (χ4n) is 10.6. The van der Waals surface area contributed by atoms with Crippen molar-refractivity contribution in [2.24, 2.45) is 11.7 Å². The standard InChI is InChI=1S/C46H44N8O5/c1-52-18-16-46-34-13-14-36(55)43(46)59-42-37(56)24-32(33(40(42)46)23-35(34)52)39(44(48)58)27-7-5-26(6-8-27)31-4-2-3-28-25-49-45(51-41(28)31)50-29-9-11-30(12-10-29)53-19-21-54(22-20-53)38(57)15-17-47/h2-14,24-25,34-36,39,43,55-56H,15-16,18-23H2,1H3,(H2,48,58)(H,49,50,51)/t34-,35+,36-,39?,43-,46-/m0/s1. The van der Waals surface area contributed by atoms with Crippen LogP contribution in [0.4, 0.5) is 17.3 Å². The number of aromatic hydroxyl groups is 1. The number of aliphatic hydroxyl groups is 1. The maximum absolute atomic E-state index is 13.5. The van der Waals surface area contributed by atoms with E-state index in [0.717, 1.165) is 57.5 Å². The Morgan fingerprint density at radius 3 is 2.58 bits per heavy atom. The fraction of sp³-hybridized carbons (Fsp3) is 0.326. The number of carbonyl (C=O) groups is 2. The van der Waals surface area contributed by atoms with Gasteiger partial charge in [0.15, 0.2) is 11.5 Å². The second-order valence-corrected chi connectivity index (χ2v) is 16.4. The number of anilines is 3.